The number of rotatable bonds is 2. The summed E-state index contributed by atoms with van der Waals surface area (Å²) in [4.78, 5) is 21.6. The zero-order valence-electron chi connectivity index (χ0n) is 9.05. The lowest BCUT2D eigenvalue weighted by molar-refractivity contribution is -0.117. The van der Waals surface area contributed by atoms with Crippen molar-refractivity contribution < 1.29 is 4.79 Å². The minimum absolute atomic E-state index is 0.0454. The second kappa shape index (κ2) is 4.29. The molecular weight excluding hydrogens is 224 g/mol. The van der Waals surface area contributed by atoms with E-state index in [2.05, 4.69) is 22.6 Å². The summed E-state index contributed by atoms with van der Waals surface area (Å²) in [6, 6.07) is 1.68. The number of carbonyl (C=O) groups excluding carboxylic acids is 1. The third kappa shape index (κ3) is 2.11. The molecule has 1 aromatic rings. The van der Waals surface area contributed by atoms with Crippen molar-refractivity contribution in [3.63, 3.8) is 0 Å². The van der Waals surface area contributed by atoms with Crippen molar-refractivity contribution in [2.45, 2.75) is 13.3 Å². The zero-order chi connectivity index (χ0) is 11.7. The first-order valence-corrected chi connectivity index (χ1v) is 5.75. The molecule has 1 unspecified atom stereocenters. The second-order valence-electron chi connectivity index (χ2n) is 3.99. The van der Waals surface area contributed by atoms with Crippen LogP contribution in [0.1, 0.15) is 12.1 Å². The largest absolute Gasteiger partial charge is 0.384 e. The van der Waals surface area contributed by atoms with Crippen LogP contribution in [0.25, 0.3) is 0 Å². The van der Waals surface area contributed by atoms with Gasteiger partial charge in [-0.3, -0.25) is 9.69 Å². The van der Waals surface area contributed by atoms with Crippen LogP contribution in [0.2, 0.25) is 0 Å². The molecule has 1 fully saturated rings. The highest BCUT2D eigenvalue weighted by Gasteiger charge is 2.31. The number of nitrogen functional groups attached to an aromatic ring is 1. The van der Waals surface area contributed by atoms with E-state index in [9.17, 15) is 4.79 Å². The van der Waals surface area contributed by atoms with Gasteiger partial charge in [0.05, 0.1) is 0 Å². The smallest absolute Gasteiger partial charge is 0.234 e. The molecule has 86 valence electrons. The Labute approximate surface area is 99.5 Å². The maximum Gasteiger partial charge on any atom is 0.234 e. The molecule has 1 amide bonds. The van der Waals surface area contributed by atoms with Gasteiger partial charge in [0.1, 0.15) is 5.82 Å². The second-order valence-corrected chi connectivity index (χ2v) is 4.36. The van der Waals surface area contributed by atoms with Crippen molar-refractivity contribution in [1.29, 1.82) is 0 Å². The lowest BCUT2D eigenvalue weighted by atomic mass is 10.1. The monoisotopic (exact) mass is 238 g/mol. The van der Waals surface area contributed by atoms with Crippen molar-refractivity contribution in [3.8, 4) is 0 Å². The predicted octanol–water partition coefficient (Wildman–Crippen LogP) is 0.650. The normalized spacial score (nSPS) is 20.5. The van der Waals surface area contributed by atoms with Crippen LogP contribution in [-0.4, -0.2) is 28.2 Å². The average Bonchev–Trinajstić information content (AvgIpc) is 2.58. The van der Waals surface area contributed by atoms with Crippen LogP contribution in [0, 0.1) is 12.8 Å². The number of hydrogen-bond donors (Lipinski definition) is 2. The number of amides is 1. The topological polar surface area (TPSA) is 72.1 Å². The Morgan fingerprint density at radius 3 is 2.94 bits per heavy atom. The molecule has 1 saturated heterocycles. The summed E-state index contributed by atoms with van der Waals surface area (Å²) in [6.45, 7) is 2.46. The van der Waals surface area contributed by atoms with Crippen LogP contribution in [0.15, 0.2) is 6.07 Å². The van der Waals surface area contributed by atoms with E-state index in [-0.39, 0.29) is 11.8 Å². The highest BCUT2D eigenvalue weighted by atomic mass is 32.1. The Balaban J connectivity index is 2.27. The number of carbonyl (C=O) groups is 1. The van der Waals surface area contributed by atoms with Crippen LogP contribution < -0.4 is 10.6 Å². The van der Waals surface area contributed by atoms with E-state index >= 15 is 0 Å². The van der Waals surface area contributed by atoms with Gasteiger partial charge in [-0.15, -0.1) is 0 Å². The van der Waals surface area contributed by atoms with Crippen molar-refractivity contribution in [1.82, 2.24) is 9.97 Å². The van der Waals surface area contributed by atoms with E-state index in [1.54, 1.807) is 11.0 Å². The summed E-state index contributed by atoms with van der Waals surface area (Å²) >= 11 is 4.21. The average molecular weight is 238 g/mol. The van der Waals surface area contributed by atoms with E-state index in [4.69, 9.17) is 5.73 Å². The Kier molecular flexibility index (Phi) is 3.00. The van der Waals surface area contributed by atoms with E-state index < -0.39 is 0 Å². The van der Waals surface area contributed by atoms with E-state index in [0.29, 0.717) is 30.5 Å². The molecule has 1 aromatic heterocycles. The highest BCUT2D eigenvalue weighted by molar-refractivity contribution is 7.80. The maximum atomic E-state index is 11.7. The van der Waals surface area contributed by atoms with Crippen molar-refractivity contribution in [3.05, 3.63) is 11.8 Å². The van der Waals surface area contributed by atoms with Gasteiger partial charge in [0, 0.05) is 24.7 Å². The summed E-state index contributed by atoms with van der Waals surface area (Å²) < 4.78 is 0. The molecule has 1 atom stereocenters. The van der Waals surface area contributed by atoms with Crippen LogP contribution in [0.3, 0.4) is 0 Å². The fourth-order valence-corrected chi connectivity index (χ4v) is 2.04. The van der Waals surface area contributed by atoms with Crippen molar-refractivity contribution in [2.24, 2.45) is 5.92 Å². The van der Waals surface area contributed by atoms with Crippen LogP contribution in [-0.2, 0) is 4.79 Å². The Morgan fingerprint density at radius 1 is 1.62 bits per heavy atom. The van der Waals surface area contributed by atoms with Gasteiger partial charge in [0.15, 0.2) is 0 Å². The molecule has 0 bridgehead atoms. The van der Waals surface area contributed by atoms with Crippen LogP contribution in [0.5, 0.6) is 0 Å². The molecule has 2 rings (SSSR count). The van der Waals surface area contributed by atoms with Gasteiger partial charge in [-0.25, -0.2) is 4.98 Å². The molecular formula is C10H14N4OS. The molecule has 16 heavy (non-hydrogen) atoms. The van der Waals surface area contributed by atoms with Gasteiger partial charge >= 0.3 is 0 Å². The zero-order valence-corrected chi connectivity index (χ0v) is 9.94. The third-order valence-corrected chi connectivity index (χ3v) is 3.08. The molecule has 0 spiro atoms. The minimum Gasteiger partial charge on any atom is -0.384 e. The fraction of sp³-hybridized carbons (Fsp3) is 0.500. The molecule has 1 aliphatic rings. The highest BCUT2D eigenvalue weighted by Crippen LogP contribution is 2.23. The molecule has 1 aliphatic heterocycles. The Morgan fingerprint density at radius 2 is 2.38 bits per heavy atom. The van der Waals surface area contributed by atoms with Crippen LogP contribution in [0.4, 0.5) is 11.8 Å². The summed E-state index contributed by atoms with van der Waals surface area (Å²) in [6.07, 6.45) is 0.515. The van der Waals surface area contributed by atoms with Gasteiger partial charge in [0.2, 0.25) is 11.9 Å². The summed E-state index contributed by atoms with van der Waals surface area (Å²) in [5.41, 5.74) is 6.40. The van der Waals surface area contributed by atoms with Gasteiger partial charge in [-0.2, -0.15) is 17.6 Å². The van der Waals surface area contributed by atoms with E-state index in [1.165, 1.54) is 0 Å². The predicted molar refractivity (Wildman–Crippen MR) is 65.5 cm³/mol. The number of hydrogen-bond acceptors (Lipinski definition) is 5. The summed E-state index contributed by atoms with van der Waals surface area (Å²) in [5, 5.41) is 0. The van der Waals surface area contributed by atoms with Gasteiger partial charge in [0.25, 0.3) is 0 Å². The Bertz CT molecular complexity index is 403. The Hall–Kier alpha value is -1.30. The number of aromatic nitrogens is 2. The first-order chi connectivity index (χ1) is 7.60. The van der Waals surface area contributed by atoms with E-state index in [0.717, 1.165) is 5.69 Å². The maximum absolute atomic E-state index is 11.7. The molecule has 2 N–H and O–H groups in total. The van der Waals surface area contributed by atoms with Gasteiger partial charge < -0.3 is 5.73 Å². The van der Waals surface area contributed by atoms with Crippen molar-refractivity contribution >= 4 is 30.3 Å². The molecule has 0 radical (unpaired) electrons. The first-order valence-electron chi connectivity index (χ1n) is 5.12. The standard InChI is InChI=1S/C10H14N4OS/c1-6-2-8(11)13-10(12-6)14-4-7(5-16)3-9(14)15/h2,7,16H,3-5H2,1H3,(H2,11,12,13). The number of thiol groups is 1. The lowest BCUT2D eigenvalue weighted by Crippen LogP contribution is -2.27. The summed E-state index contributed by atoms with van der Waals surface area (Å²) in [5.74, 6) is 1.82. The number of aryl methyl sites for hydroxylation is 1. The number of nitrogens with two attached hydrogens (primary N) is 1. The molecule has 6 heteroatoms. The SMILES string of the molecule is Cc1cc(N)nc(N2CC(CS)CC2=O)n1. The van der Waals surface area contributed by atoms with Crippen molar-refractivity contribution in [2.75, 3.05) is 22.9 Å². The van der Waals surface area contributed by atoms with E-state index in [1.807, 2.05) is 6.92 Å². The minimum atomic E-state index is 0.0454. The molecule has 5 nitrogen and oxygen atoms in total. The molecule has 0 saturated carbocycles. The number of nitrogens with zero attached hydrogens (tertiary/aromatic N) is 3. The molecule has 0 aromatic carbocycles. The molecule has 0 aliphatic carbocycles. The quantitative estimate of drug-likeness (QED) is 0.742. The third-order valence-electron chi connectivity index (χ3n) is 2.57. The van der Waals surface area contributed by atoms with Gasteiger partial charge in [-0.05, 0) is 18.6 Å². The van der Waals surface area contributed by atoms with Gasteiger partial charge in [-0.1, -0.05) is 0 Å². The first kappa shape index (κ1) is 11.2. The number of anilines is 2. The fourth-order valence-electron chi connectivity index (χ4n) is 1.79. The van der Waals surface area contributed by atoms with Crippen LogP contribution >= 0.6 is 12.6 Å². The summed E-state index contributed by atoms with van der Waals surface area (Å²) in [7, 11) is 0. The molecule has 2 heterocycles. The lowest BCUT2D eigenvalue weighted by Gasteiger charge is -2.14.